The van der Waals surface area contributed by atoms with Crippen molar-refractivity contribution in [2.45, 2.75) is 18.3 Å². The first-order valence-corrected chi connectivity index (χ1v) is 10.8. The van der Waals surface area contributed by atoms with Gasteiger partial charge in [0, 0.05) is 35.7 Å². The highest BCUT2D eigenvalue weighted by molar-refractivity contribution is 8.13. The number of hydrogen-bond donors (Lipinski definition) is 2. The SMILES string of the molecule is N#Cc1ccc(C(=O)Nc2ccc(OC(F)(F)F)c([C@]34COCC[C@@H]3CSC(N)=N4)c2)nc1. The van der Waals surface area contributed by atoms with Crippen LogP contribution in [0.15, 0.2) is 41.5 Å². The summed E-state index contributed by atoms with van der Waals surface area (Å²) in [7, 11) is 0. The second-order valence-corrected chi connectivity index (χ2v) is 8.52. The van der Waals surface area contributed by atoms with E-state index in [1.165, 1.54) is 42.2 Å². The number of fused-ring (bicyclic) bond motifs is 1. The fourth-order valence-electron chi connectivity index (χ4n) is 3.88. The monoisotopic (exact) mass is 477 g/mol. The highest BCUT2D eigenvalue weighted by Gasteiger charge is 2.48. The number of anilines is 1. The van der Waals surface area contributed by atoms with Gasteiger partial charge in [0.15, 0.2) is 5.17 Å². The Hall–Kier alpha value is -3.30. The summed E-state index contributed by atoms with van der Waals surface area (Å²) in [6, 6.07) is 8.56. The smallest absolute Gasteiger partial charge is 0.405 e. The lowest BCUT2D eigenvalue weighted by Gasteiger charge is -2.44. The van der Waals surface area contributed by atoms with Gasteiger partial charge in [-0.25, -0.2) is 9.98 Å². The average Bonchev–Trinajstić information content (AvgIpc) is 2.79. The number of aromatic nitrogens is 1. The van der Waals surface area contributed by atoms with Crippen LogP contribution in [0.5, 0.6) is 5.75 Å². The number of carbonyl (C=O) groups excluding carboxylic acids is 1. The molecule has 0 unspecified atom stereocenters. The molecule has 1 fully saturated rings. The number of ether oxygens (including phenoxy) is 2. The van der Waals surface area contributed by atoms with E-state index in [-0.39, 0.29) is 40.2 Å². The molecule has 1 aromatic carbocycles. The van der Waals surface area contributed by atoms with Crippen LogP contribution < -0.4 is 15.8 Å². The highest BCUT2D eigenvalue weighted by atomic mass is 32.2. The summed E-state index contributed by atoms with van der Waals surface area (Å²) in [6.07, 6.45) is -3.09. The molecule has 12 heteroatoms. The maximum Gasteiger partial charge on any atom is 0.573 e. The fourth-order valence-corrected chi connectivity index (χ4v) is 4.92. The van der Waals surface area contributed by atoms with Gasteiger partial charge in [-0.2, -0.15) is 5.26 Å². The molecule has 33 heavy (non-hydrogen) atoms. The van der Waals surface area contributed by atoms with Gasteiger partial charge in [-0.05, 0) is 36.8 Å². The van der Waals surface area contributed by atoms with Gasteiger partial charge in [0.2, 0.25) is 0 Å². The van der Waals surface area contributed by atoms with Crippen molar-refractivity contribution in [1.82, 2.24) is 4.98 Å². The van der Waals surface area contributed by atoms with E-state index in [9.17, 15) is 18.0 Å². The second kappa shape index (κ2) is 8.92. The maximum absolute atomic E-state index is 13.2. The van der Waals surface area contributed by atoms with Crippen LogP contribution in [0.4, 0.5) is 18.9 Å². The molecule has 2 aliphatic rings. The number of pyridine rings is 1. The number of carbonyl (C=O) groups is 1. The van der Waals surface area contributed by atoms with Crippen LogP contribution in [0.25, 0.3) is 0 Å². The van der Waals surface area contributed by atoms with Crippen molar-refractivity contribution in [1.29, 1.82) is 5.26 Å². The standard InChI is InChI=1S/C21H18F3N5O3S/c22-21(23,24)32-17-4-2-14(28-18(30)16-3-1-12(8-25)9-27-16)7-15(17)20-11-31-6-5-13(20)10-33-19(26)29-20/h1-4,7,9,13H,5-6,10-11H2,(H2,26,29)(H,28,30)/t13-,20+/m1/s1. The fraction of sp³-hybridized carbons (Fsp3) is 0.333. The first kappa shape index (κ1) is 22.9. The summed E-state index contributed by atoms with van der Waals surface area (Å²) in [4.78, 5) is 21.1. The number of amidine groups is 1. The lowest BCUT2D eigenvalue weighted by Crippen LogP contribution is -2.47. The Kier molecular flexibility index (Phi) is 6.18. The van der Waals surface area contributed by atoms with Gasteiger partial charge in [0.05, 0.1) is 12.2 Å². The molecule has 172 valence electrons. The van der Waals surface area contributed by atoms with Gasteiger partial charge in [-0.15, -0.1) is 13.2 Å². The summed E-state index contributed by atoms with van der Waals surface area (Å²) < 4.78 is 49.4. The summed E-state index contributed by atoms with van der Waals surface area (Å²) in [5.41, 5.74) is 5.45. The Bertz CT molecular complexity index is 1130. The van der Waals surface area contributed by atoms with Crippen molar-refractivity contribution in [3.63, 3.8) is 0 Å². The maximum atomic E-state index is 13.2. The Labute approximate surface area is 191 Å². The van der Waals surface area contributed by atoms with E-state index >= 15 is 0 Å². The highest BCUT2D eigenvalue weighted by Crippen LogP contribution is 2.48. The van der Waals surface area contributed by atoms with Gasteiger partial charge >= 0.3 is 6.36 Å². The van der Waals surface area contributed by atoms with Gasteiger partial charge < -0.3 is 20.5 Å². The van der Waals surface area contributed by atoms with Crippen LogP contribution in [-0.2, 0) is 10.3 Å². The lowest BCUT2D eigenvalue weighted by molar-refractivity contribution is -0.275. The zero-order valence-corrected chi connectivity index (χ0v) is 17.9. The molecule has 1 saturated heterocycles. The third-order valence-corrected chi connectivity index (χ3v) is 6.36. The Balaban J connectivity index is 1.74. The molecular formula is C21H18F3N5O3S. The number of amides is 1. The molecule has 0 radical (unpaired) electrons. The number of aliphatic imine (C=N–C) groups is 1. The van der Waals surface area contributed by atoms with E-state index in [0.717, 1.165) is 6.07 Å². The molecule has 3 N–H and O–H groups in total. The van der Waals surface area contributed by atoms with Crippen LogP contribution in [0.3, 0.4) is 0 Å². The van der Waals surface area contributed by atoms with Crippen molar-refractivity contribution >= 4 is 28.5 Å². The van der Waals surface area contributed by atoms with E-state index in [2.05, 4.69) is 20.0 Å². The number of benzene rings is 1. The molecular weight excluding hydrogens is 459 g/mol. The van der Waals surface area contributed by atoms with Gasteiger partial charge in [0.1, 0.15) is 23.1 Å². The quantitative estimate of drug-likeness (QED) is 0.692. The van der Waals surface area contributed by atoms with Crippen molar-refractivity contribution in [2.75, 3.05) is 24.3 Å². The zero-order chi connectivity index (χ0) is 23.6. The molecule has 1 aromatic heterocycles. The Morgan fingerprint density at radius 2 is 2.18 bits per heavy atom. The summed E-state index contributed by atoms with van der Waals surface area (Å²) in [5.74, 6) is -0.595. The average molecular weight is 477 g/mol. The van der Waals surface area contributed by atoms with Gasteiger partial charge in [-0.1, -0.05) is 11.8 Å². The van der Waals surface area contributed by atoms with Crippen molar-refractivity contribution in [3.05, 3.63) is 53.3 Å². The van der Waals surface area contributed by atoms with Gasteiger partial charge in [-0.3, -0.25) is 4.79 Å². The number of alkyl halides is 3. The number of nitrogens with zero attached hydrogens (tertiary/aromatic N) is 3. The molecule has 1 amide bonds. The van der Waals surface area contributed by atoms with Crippen LogP contribution in [0, 0.1) is 17.2 Å². The van der Waals surface area contributed by atoms with E-state index in [1.807, 2.05) is 6.07 Å². The summed E-state index contributed by atoms with van der Waals surface area (Å²) in [5, 5.41) is 11.7. The molecule has 2 aromatic rings. The topological polar surface area (TPSA) is 123 Å². The normalized spacial score (nSPS) is 22.5. The number of nitriles is 1. The predicted octanol–water partition coefficient (Wildman–Crippen LogP) is 3.40. The minimum atomic E-state index is -4.92. The van der Waals surface area contributed by atoms with Crippen molar-refractivity contribution in [2.24, 2.45) is 16.6 Å². The van der Waals surface area contributed by atoms with Crippen molar-refractivity contribution < 1.29 is 27.4 Å². The lowest BCUT2D eigenvalue weighted by atomic mass is 9.76. The first-order chi connectivity index (χ1) is 15.7. The van der Waals surface area contributed by atoms with Crippen LogP contribution in [-0.4, -0.2) is 41.4 Å². The number of rotatable bonds is 4. The minimum Gasteiger partial charge on any atom is -0.405 e. The third-order valence-electron chi connectivity index (χ3n) is 5.40. The minimum absolute atomic E-state index is 0.0295. The largest absolute Gasteiger partial charge is 0.573 e. The van der Waals surface area contributed by atoms with Crippen LogP contribution in [0.2, 0.25) is 0 Å². The van der Waals surface area contributed by atoms with Crippen LogP contribution in [0.1, 0.15) is 28.0 Å². The molecule has 2 atom stereocenters. The number of thioether (sulfide) groups is 1. The number of hydrogen-bond acceptors (Lipinski definition) is 8. The molecule has 2 aliphatic heterocycles. The summed E-state index contributed by atoms with van der Waals surface area (Å²) in [6.45, 7) is 0.486. The molecule has 0 spiro atoms. The molecule has 0 saturated carbocycles. The van der Waals surface area contributed by atoms with Crippen LogP contribution >= 0.6 is 11.8 Å². The number of halogens is 3. The van der Waals surface area contributed by atoms with E-state index in [0.29, 0.717) is 18.8 Å². The first-order valence-electron chi connectivity index (χ1n) is 9.84. The second-order valence-electron chi connectivity index (χ2n) is 7.48. The van der Waals surface area contributed by atoms with E-state index < -0.39 is 23.6 Å². The molecule has 4 rings (SSSR count). The zero-order valence-electron chi connectivity index (χ0n) is 17.1. The molecule has 0 aliphatic carbocycles. The predicted molar refractivity (Wildman–Crippen MR) is 115 cm³/mol. The number of nitrogens with one attached hydrogen (secondary N) is 1. The molecule has 0 bridgehead atoms. The Morgan fingerprint density at radius 1 is 1.36 bits per heavy atom. The summed E-state index contributed by atoms with van der Waals surface area (Å²) >= 11 is 1.34. The molecule has 8 nitrogen and oxygen atoms in total. The third kappa shape index (κ3) is 4.89. The van der Waals surface area contributed by atoms with Crippen molar-refractivity contribution in [3.8, 4) is 11.8 Å². The molecule has 3 heterocycles. The van der Waals surface area contributed by atoms with E-state index in [4.69, 9.17) is 15.7 Å². The van der Waals surface area contributed by atoms with E-state index in [1.54, 1.807) is 0 Å². The Morgan fingerprint density at radius 3 is 2.88 bits per heavy atom. The van der Waals surface area contributed by atoms with Gasteiger partial charge in [0.25, 0.3) is 5.91 Å². The number of nitrogens with two attached hydrogens (primary N) is 1.